The molecule has 0 bridgehead atoms. The second-order valence-electron chi connectivity index (χ2n) is 4.14. The standard InChI is InChI=1S/C11H12O2S/c12-10-8-6-14-7-9(8)11(13-10)4-2-1-3-5-11/h6-7H,1-5H2. The highest BCUT2D eigenvalue weighted by Crippen LogP contribution is 2.47. The van der Waals surface area contributed by atoms with Gasteiger partial charge in [-0.05, 0) is 31.1 Å². The Labute approximate surface area is 86.9 Å². The summed E-state index contributed by atoms with van der Waals surface area (Å²) < 4.78 is 5.57. The molecule has 0 amide bonds. The van der Waals surface area contributed by atoms with Crippen LogP contribution in [0, 0.1) is 0 Å². The Bertz CT molecular complexity index is 374. The molecular weight excluding hydrogens is 196 g/mol. The zero-order chi connectivity index (χ0) is 9.60. The largest absolute Gasteiger partial charge is 0.450 e. The van der Waals surface area contributed by atoms with Crippen molar-refractivity contribution in [2.24, 2.45) is 0 Å². The van der Waals surface area contributed by atoms with Crippen LogP contribution in [0.4, 0.5) is 0 Å². The van der Waals surface area contributed by atoms with Gasteiger partial charge in [-0.2, -0.15) is 11.3 Å². The molecule has 0 atom stereocenters. The highest BCUT2D eigenvalue weighted by molar-refractivity contribution is 7.08. The normalized spacial score (nSPS) is 23.6. The summed E-state index contributed by atoms with van der Waals surface area (Å²) in [6.07, 6.45) is 5.68. The Kier molecular flexibility index (Phi) is 1.71. The van der Waals surface area contributed by atoms with Gasteiger partial charge in [0.25, 0.3) is 0 Å². The molecule has 2 aliphatic rings. The molecule has 3 heteroatoms. The van der Waals surface area contributed by atoms with Gasteiger partial charge in [-0.1, -0.05) is 6.42 Å². The molecule has 3 rings (SSSR count). The molecule has 1 aromatic heterocycles. The van der Waals surface area contributed by atoms with E-state index in [2.05, 4.69) is 5.38 Å². The molecule has 2 nitrogen and oxygen atoms in total. The first kappa shape index (κ1) is 8.48. The summed E-state index contributed by atoms with van der Waals surface area (Å²) in [6.45, 7) is 0. The number of fused-ring (bicyclic) bond motifs is 2. The van der Waals surface area contributed by atoms with Gasteiger partial charge in [0, 0.05) is 10.9 Å². The van der Waals surface area contributed by atoms with Gasteiger partial charge in [-0.25, -0.2) is 4.79 Å². The molecule has 1 spiro atoms. The summed E-state index contributed by atoms with van der Waals surface area (Å²) >= 11 is 1.61. The minimum absolute atomic E-state index is 0.108. The van der Waals surface area contributed by atoms with Crippen LogP contribution >= 0.6 is 11.3 Å². The SMILES string of the molecule is O=C1OC2(CCCCC2)c2cscc21. The van der Waals surface area contributed by atoms with Crippen LogP contribution in [-0.2, 0) is 10.3 Å². The van der Waals surface area contributed by atoms with Gasteiger partial charge in [0.15, 0.2) is 0 Å². The average Bonchev–Trinajstić information content (AvgIpc) is 2.74. The molecule has 1 aliphatic carbocycles. The van der Waals surface area contributed by atoms with Crippen molar-refractivity contribution in [3.05, 3.63) is 21.9 Å². The molecule has 74 valence electrons. The zero-order valence-electron chi connectivity index (χ0n) is 7.91. The minimum Gasteiger partial charge on any atom is -0.450 e. The van der Waals surface area contributed by atoms with Crippen LogP contribution in [0.25, 0.3) is 0 Å². The number of rotatable bonds is 0. The van der Waals surface area contributed by atoms with E-state index >= 15 is 0 Å². The van der Waals surface area contributed by atoms with Crippen molar-refractivity contribution >= 4 is 17.3 Å². The van der Waals surface area contributed by atoms with Crippen molar-refractivity contribution in [2.75, 3.05) is 0 Å². The van der Waals surface area contributed by atoms with Crippen molar-refractivity contribution in [3.8, 4) is 0 Å². The van der Waals surface area contributed by atoms with Gasteiger partial charge in [-0.3, -0.25) is 0 Å². The maximum absolute atomic E-state index is 11.6. The van der Waals surface area contributed by atoms with E-state index in [1.54, 1.807) is 11.3 Å². The number of hydrogen-bond donors (Lipinski definition) is 0. The Morgan fingerprint density at radius 1 is 1.21 bits per heavy atom. The Hall–Kier alpha value is -0.830. The third-order valence-corrected chi connectivity index (χ3v) is 4.07. The predicted molar refractivity (Wildman–Crippen MR) is 54.5 cm³/mol. The van der Waals surface area contributed by atoms with Crippen molar-refractivity contribution in [2.45, 2.75) is 37.7 Å². The summed E-state index contributed by atoms with van der Waals surface area (Å²) in [5, 5.41) is 4.01. The van der Waals surface area contributed by atoms with Gasteiger partial charge < -0.3 is 4.74 Å². The van der Waals surface area contributed by atoms with E-state index in [1.165, 1.54) is 19.3 Å². The minimum atomic E-state index is -0.231. The average molecular weight is 208 g/mol. The van der Waals surface area contributed by atoms with Crippen molar-refractivity contribution < 1.29 is 9.53 Å². The monoisotopic (exact) mass is 208 g/mol. The van der Waals surface area contributed by atoms with Crippen LogP contribution in [-0.4, -0.2) is 5.97 Å². The molecule has 1 aliphatic heterocycles. The van der Waals surface area contributed by atoms with Gasteiger partial charge in [-0.15, -0.1) is 0 Å². The Morgan fingerprint density at radius 2 is 2.00 bits per heavy atom. The van der Waals surface area contributed by atoms with Crippen LogP contribution in [0.2, 0.25) is 0 Å². The van der Waals surface area contributed by atoms with Gasteiger partial charge in [0.05, 0.1) is 5.56 Å². The first-order valence-corrected chi connectivity index (χ1v) is 6.06. The van der Waals surface area contributed by atoms with Crippen molar-refractivity contribution in [3.63, 3.8) is 0 Å². The summed E-state index contributed by atoms with van der Waals surface area (Å²) in [5.74, 6) is -0.108. The molecule has 0 unspecified atom stereocenters. The zero-order valence-corrected chi connectivity index (χ0v) is 8.73. The first-order chi connectivity index (χ1) is 6.82. The van der Waals surface area contributed by atoms with E-state index in [9.17, 15) is 4.79 Å². The van der Waals surface area contributed by atoms with Crippen molar-refractivity contribution in [1.29, 1.82) is 0 Å². The molecule has 0 N–H and O–H groups in total. The van der Waals surface area contributed by atoms with Crippen LogP contribution in [0.15, 0.2) is 10.8 Å². The molecule has 14 heavy (non-hydrogen) atoms. The molecule has 0 radical (unpaired) electrons. The second kappa shape index (κ2) is 2.83. The third kappa shape index (κ3) is 0.989. The lowest BCUT2D eigenvalue weighted by atomic mass is 9.81. The second-order valence-corrected chi connectivity index (χ2v) is 4.89. The topological polar surface area (TPSA) is 26.3 Å². The van der Waals surface area contributed by atoms with E-state index in [0.717, 1.165) is 24.0 Å². The molecule has 0 aromatic carbocycles. The number of ether oxygens (including phenoxy) is 1. The van der Waals surface area contributed by atoms with E-state index in [4.69, 9.17) is 4.74 Å². The first-order valence-electron chi connectivity index (χ1n) is 5.12. The van der Waals surface area contributed by atoms with Gasteiger partial charge in [0.1, 0.15) is 5.60 Å². The van der Waals surface area contributed by atoms with Gasteiger partial charge in [0.2, 0.25) is 0 Å². The molecular formula is C11H12O2S. The van der Waals surface area contributed by atoms with E-state index in [-0.39, 0.29) is 11.6 Å². The molecule has 0 saturated heterocycles. The number of esters is 1. The van der Waals surface area contributed by atoms with E-state index in [1.807, 2.05) is 5.38 Å². The van der Waals surface area contributed by atoms with Crippen LogP contribution in [0.5, 0.6) is 0 Å². The van der Waals surface area contributed by atoms with Crippen LogP contribution in [0.1, 0.15) is 48.0 Å². The summed E-state index contributed by atoms with van der Waals surface area (Å²) in [4.78, 5) is 11.6. The van der Waals surface area contributed by atoms with Crippen molar-refractivity contribution in [1.82, 2.24) is 0 Å². The highest BCUT2D eigenvalue weighted by atomic mass is 32.1. The quantitative estimate of drug-likeness (QED) is 0.612. The maximum Gasteiger partial charge on any atom is 0.340 e. The molecule has 2 heterocycles. The number of carbonyl (C=O) groups excluding carboxylic acids is 1. The Morgan fingerprint density at radius 3 is 2.79 bits per heavy atom. The fourth-order valence-electron chi connectivity index (χ4n) is 2.59. The van der Waals surface area contributed by atoms with Crippen LogP contribution < -0.4 is 0 Å². The number of hydrogen-bond acceptors (Lipinski definition) is 3. The number of carbonyl (C=O) groups is 1. The number of thiophene rings is 1. The van der Waals surface area contributed by atoms with E-state index in [0.29, 0.717) is 0 Å². The highest BCUT2D eigenvalue weighted by Gasteiger charge is 2.46. The Balaban J connectivity index is 2.07. The predicted octanol–water partition coefficient (Wildman–Crippen LogP) is 3.08. The van der Waals surface area contributed by atoms with Gasteiger partial charge >= 0.3 is 5.97 Å². The maximum atomic E-state index is 11.6. The summed E-state index contributed by atoms with van der Waals surface area (Å²) in [6, 6.07) is 0. The molecule has 1 aromatic rings. The van der Waals surface area contributed by atoms with Crippen LogP contribution in [0.3, 0.4) is 0 Å². The lowest BCUT2D eigenvalue weighted by molar-refractivity contribution is -0.0280. The third-order valence-electron chi connectivity index (χ3n) is 3.32. The lowest BCUT2D eigenvalue weighted by Crippen LogP contribution is -2.28. The lowest BCUT2D eigenvalue weighted by Gasteiger charge is -2.32. The van der Waals surface area contributed by atoms with E-state index < -0.39 is 0 Å². The fraction of sp³-hybridized carbons (Fsp3) is 0.545. The smallest absolute Gasteiger partial charge is 0.340 e. The molecule has 1 fully saturated rings. The summed E-state index contributed by atoms with van der Waals surface area (Å²) in [7, 11) is 0. The molecule has 1 saturated carbocycles. The summed E-state index contributed by atoms with van der Waals surface area (Å²) in [5.41, 5.74) is 1.74. The fourth-order valence-corrected chi connectivity index (χ4v) is 3.49.